The summed E-state index contributed by atoms with van der Waals surface area (Å²) in [6.07, 6.45) is 5.72. The Morgan fingerprint density at radius 3 is 2.69 bits per heavy atom. The van der Waals surface area contributed by atoms with E-state index in [1.54, 1.807) is 14.2 Å². The van der Waals surface area contributed by atoms with Crippen LogP contribution in [0.2, 0.25) is 0 Å². The number of carbonyl (C=O) groups is 1. The van der Waals surface area contributed by atoms with Crippen molar-refractivity contribution in [3.63, 3.8) is 0 Å². The lowest BCUT2D eigenvalue weighted by Crippen LogP contribution is -2.50. The van der Waals surface area contributed by atoms with Crippen molar-refractivity contribution in [1.82, 2.24) is 19.8 Å². The van der Waals surface area contributed by atoms with Crippen LogP contribution in [0.15, 0.2) is 36.7 Å². The second kappa shape index (κ2) is 11.3. The quantitative estimate of drug-likeness (QED) is 0.466. The van der Waals surface area contributed by atoms with Crippen LogP contribution in [0.1, 0.15) is 23.2 Å². The minimum atomic E-state index is 0.0536. The first-order valence-corrected chi connectivity index (χ1v) is 12.7. The molecular formula is C27H35N5O4. The predicted molar refractivity (Wildman–Crippen MR) is 140 cm³/mol. The van der Waals surface area contributed by atoms with Crippen molar-refractivity contribution in [2.45, 2.75) is 18.9 Å². The van der Waals surface area contributed by atoms with Crippen molar-refractivity contribution < 1.29 is 19.0 Å². The minimum absolute atomic E-state index is 0.0536. The number of nitrogens with one attached hydrogen (secondary N) is 2. The molecule has 2 fully saturated rings. The molecule has 36 heavy (non-hydrogen) atoms. The highest BCUT2D eigenvalue weighted by Crippen LogP contribution is 2.39. The second-order valence-electron chi connectivity index (χ2n) is 9.29. The van der Waals surface area contributed by atoms with Gasteiger partial charge in [-0.25, -0.2) is 4.98 Å². The third kappa shape index (κ3) is 5.04. The number of ether oxygens (including phenoxy) is 3. The number of anilines is 1. The van der Waals surface area contributed by atoms with Crippen molar-refractivity contribution in [3.8, 4) is 16.9 Å². The van der Waals surface area contributed by atoms with Crippen molar-refractivity contribution in [2.75, 3.05) is 72.1 Å². The van der Waals surface area contributed by atoms with Crippen LogP contribution in [-0.4, -0.2) is 98.5 Å². The molecule has 0 saturated carbocycles. The van der Waals surface area contributed by atoms with Gasteiger partial charge < -0.3 is 29.4 Å². The van der Waals surface area contributed by atoms with Gasteiger partial charge in [-0.05, 0) is 37.1 Å². The zero-order valence-electron chi connectivity index (χ0n) is 21.1. The third-order valence-corrected chi connectivity index (χ3v) is 7.25. The molecule has 9 heteroatoms. The van der Waals surface area contributed by atoms with Crippen LogP contribution >= 0.6 is 0 Å². The van der Waals surface area contributed by atoms with E-state index in [0.29, 0.717) is 30.5 Å². The SMILES string of the molecule is COCCNc1c(-c2ccc(C(=O)N3CCC(N4CCOCC4)CC3)cc2OC)cnc2[nH]ccc12. The predicted octanol–water partition coefficient (Wildman–Crippen LogP) is 3.23. The largest absolute Gasteiger partial charge is 0.496 e. The number of amides is 1. The maximum Gasteiger partial charge on any atom is 0.253 e. The Kier molecular flexibility index (Phi) is 7.69. The lowest BCUT2D eigenvalue weighted by molar-refractivity contribution is 0.00159. The van der Waals surface area contributed by atoms with Crippen LogP contribution in [0, 0.1) is 0 Å². The van der Waals surface area contributed by atoms with E-state index >= 15 is 0 Å². The van der Waals surface area contributed by atoms with Crippen molar-refractivity contribution in [3.05, 3.63) is 42.2 Å². The zero-order chi connectivity index (χ0) is 24.9. The smallest absolute Gasteiger partial charge is 0.253 e. The fourth-order valence-corrected chi connectivity index (χ4v) is 5.29. The molecule has 2 saturated heterocycles. The van der Waals surface area contributed by atoms with Crippen LogP contribution < -0.4 is 10.1 Å². The first-order valence-electron chi connectivity index (χ1n) is 12.7. The van der Waals surface area contributed by atoms with E-state index in [0.717, 1.165) is 80.1 Å². The van der Waals surface area contributed by atoms with E-state index in [9.17, 15) is 4.79 Å². The number of carbonyl (C=O) groups excluding carboxylic acids is 1. The van der Waals surface area contributed by atoms with Gasteiger partial charge >= 0.3 is 0 Å². The summed E-state index contributed by atoms with van der Waals surface area (Å²) >= 11 is 0. The van der Waals surface area contributed by atoms with Gasteiger partial charge in [0, 0.05) is 80.3 Å². The first-order chi connectivity index (χ1) is 17.7. The number of methoxy groups -OCH3 is 2. The van der Waals surface area contributed by atoms with E-state index in [1.807, 2.05) is 41.6 Å². The summed E-state index contributed by atoms with van der Waals surface area (Å²) in [6, 6.07) is 8.25. The average molecular weight is 494 g/mol. The molecule has 2 N–H and O–H groups in total. The number of rotatable bonds is 8. The van der Waals surface area contributed by atoms with E-state index in [2.05, 4.69) is 20.2 Å². The number of pyridine rings is 1. The molecular weight excluding hydrogens is 458 g/mol. The van der Waals surface area contributed by atoms with Gasteiger partial charge in [-0.1, -0.05) is 0 Å². The molecule has 4 heterocycles. The summed E-state index contributed by atoms with van der Waals surface area (Å²) in [7, 11) is 3.33. The van der Waals surface area contributed by atoms with Gasteiger partial charge in [0.1, 0.15) is 11.4 Å². The lowest BCUT2D eigenvalue weighted by atomic mass is 9.99. The summed E-state index contributed by atoms with van der Waals surface area (Å²) in [5.41, 5.74) is 4.21. The molecule has 2 aliphatic heterocycles. The number of benzene rings is 1. The molecule has 9 nitrogen and oxygen atoms in total. The third-order valence-electron chi connectivity index (χ3n) is 7.25. The maximum absolute atomic E-state index is 13.4. The lowest BCUT2D eigenvalue weighted by Gasteiger charge is -2.40. The van der Waals surface area contributed by atoms with Gasteiger partial charge in [0.05, 0.1) is 32.6 Å². The molecule has 0 spiro atoms. The Balaban J connectivity index is 1.35. The monoisotopic (exact) mass is 493 g/mol. The highest BCUT2D eigenvalue weighted by molar-refractivity contribution is 6.00. The Bertz CT molecular complexity index is 1180. The number of likely N-dealkylation sites (tertiary alicyclic amines) is 1. The van der Waals surface area contributed by atoms with Crippen LogP contribution in [0.4, 0.5) is 5.69 Å². The maximum atomic E-state index is 13.4. The van der Waals surface area contributed by atoms with E-state index in [-0.39, 0.29) is 5.91 Å². The number of aromatic amines is 1. The molecule has 2 aliphatic rings. The Hall–Kier alpha value is -3.14. The van der Waals surface area contributed by atoms with Gasteiger partial charge in [-0.15, -0.1) is 0 Å². The van der Waals surface area contributed by atoms with Gasteiger partial charge in [0.2, 0.25) is 0 Å². The van der Waals surface area contributed by atoms with Crippen LogP contribution in [0.3, 0.4) is 0 Å². The minimum Gasteiger partial charge on any atom is -0.496 e. The highest BCUT2D eigenvalue weighted by atomic mass is 16.5. The number of hydrogen-bond donors (Lipinski definition) is 2. The number of hydrogen-bond acceptors (Lipinski definition) is 7. The van der Waals surface area contributed by atoms with Gasteiger partial charge in [-0.2, -0.15) is 0 Å². The van der Waals surface area contributed by atoms with Gasteiger partial charge in [-0.3, -0.25) is 9.69 Å². The second-order valence-corrected chi connectivity index (χ2v) is 9.29. The van der Waals surface area contributed by atoms with Crippen LogP contribution in [0.25, 0.3) is 22.2 Å². The van der Waals surface area contributed by atoms with Gasteiger partial charge in [0.15, 0.2) is 0 Å². The van der Waals surface area contributed by atoms with E-state index in [4.69, 9.17) is 14.2 Å². The van der Waals surface area contributed by atoms with Crippen LogP contribution in [0.5, 0.6) is 5.75 Å². The summed E-state index contributed by atoms with van der Waals surface area (Å²) in [5.74, 6) is 0.702. The fourth-order valence-electron chi connectivity index (χ4n) is 5.29. The van der Waals surface area contributed by atoms with Gasteiger partial charge in [0.25, 0.3) is 5.91 Å². The summed E-state index contributed by atoms with van der Waals surface area (Å²) in [6.45, 7) is 6.38. The van der Waals surface area contributed by atoms with Crippen molar-refractivity contribution in [1.29, 1.82) is 0 Å². The Morgan fingerprint density at radius 2 is 1.94 bits per heavy atom. The molecule has 192 valence electrons. The van der Waals surface area contributed by atoms with Crippen LogP contribution in [-0.2, 0) is 9.47 Å². The topological polar surface area (TPSA) is 92.0 Å². The van der Waals surface area contributed by atoms with Crippen molar-refractivity contribution in [2.24, 2.45) is 0 Å². The molecule has 0 aliphatic carbocycles. The molecule has 5 rings (SSSR count). The zero-order valence-corrected chi connectivity index (χ0v) is 21.1. The normalized spacial score (nSPS) is 17.4. The molecule has 0 radical (unpaired) electrons. The number of H-pyrrole nitrogens is 1. The summed E-state index contributed by atoms with van der Waals surface area (Å²) in [5, 5.41) is 4.48. The molecule has 0 unspecified atom stereocenters. The molecule has 2 aromatic heterocycles. The molecule has 0 atom stereocenters. The van der Waals surface area contributed by atoms with E-state index in [1.165, 1.54) is 0 Å². The molecule has 1 aromatic carbocycles. The number of morpholine rings is 1. The first kappa shape index (κ1) is 24.5. The Labute approximate surface area is 211 Å². The molecule has 3 aromatic rings. The van der Waals surface area contributed by atoms with E-state index < -0.39 is 0 Å². The van der Waals surface area contributed by atoms with Crippen molar-refractivity contribution >= 4 is 22.6 Å². The highest BCUT2D eigenvalue weighted by Gasteiger charge is 2.28. The number of piperidine rings is 1. The number of fused-ring (bicyclic) bond motifs is 1. The number of aromatic nitrogens is 2. The Morgan fingerprint density at radius 1 is 1.14 bits per heavy atom. The molecule has 0 bridgehead atoms. The average Bonchev–Trinajstić information content (AvgIpc) is 3.42. The molecule has 1 amide bonds. The standard InChI is InChI=1S/C27H35N5O4/c1-34-14-9-28-25-22-5-8-29-26(22)30-18-23(25)21-4-3-19(17-24(21)35-2)27(33)32-10-6-20(7-11-32)31-12-15-36-16-13-31/h3-5,8,17-18,20H,6-7,9-16H2,1-2H3,(H2,28,29,30). The summed E-state index contributed by atoms with van der Waals surface area (Å²) in [4.78, 5) is 25.6. The summed E-state index contributed by atoms with van der Waals surface area (Å²) < 4.78 is 16.5. The number of nitrogens with zero attached hydrogens (tertiary/aromatic N) is 3. The fraction of sp³-hybridized carbons (Fsp3) is 0.481.